The van der Waals surface area contributed by atoms with Gasteiger partial charge in [-0.05, 0) is 37.3 Å². The molecule has 122 valence electrons. The molecule has 0 saturated carbocycles. The van der Waals surface area contributed by atoms with Crippen molar-refractivity contribution in [2.45, 2.75) is 6.92 Å². The summed E-state index contributed by atoms with van der Waals surface area (Å²) in [5.74, 6) is 0.285. The summed E-state index contributed by atoms with van der Waals surface area (Å²) in [5, 5.41) is 15.5. The third-order valence-corrected chi connectivity index (χ3v) is 4.44. The number of hydrogen-bond acceptors (Lipinski definition) is 5. The lowest BCUT2D eigenvalue weighted by Crippen LogP contribution is -2.00. The minimum Gasteiger partial charge on any atom is -0.508 e. The molecule has 0 aliphatic carbocycles. The molecule has 25 heavy (non-hydrogen) atoms. The van der Waals surface area contributed by atoms with Gasteiger partial charge in [0.1, 0.15) is 11.1 Å². The molecule has 0 saturated heterocycles. The number of aryl methyl sites for hydroxylation is 1. The average molecular weight is 332 g/mol. The summed E-state index contributed by atoms with van der Waals surface area (Å²) < 4.78 is 12.5. The van der Waals surface area contributed by atoms with Gasteiger partial charge in [0.05, 0.1) is 22.1 Å². The molecule has 0 radical (unpaired) electrons. The predicted octanol–water partition coefficient (Wildman–Crippen LogP) is 3.89. The molecular formula is C19H12N2O4. The zero-order chi connectivity index (χ0) is 17.1. The number of phenolic OH excluding ortho intramolecular Hbond substituents is 1. The molecule has 6 heteroatoms. The molecule has 3 aromatic heterocycles. The first-order valence-electron chi connectivity index (χ1n) is 7.77. The predicted molar refractivity (Wildman–Crippen MR) is 93.3 cm³/mol. The van der Waals surface area contributed by atoms with Gasteiger partial charge in [0.15, 0.2) is 0 Å². The minimum atomic E-state index is -0.465. The summed E-state index contributed by atoms with van der Waals surface area (Å²) in [6.07, 6.45) is 0. The number of aromatic nitrogens is 2. The molecule has 0 unspecified atom stereocenters. The van der Waals surface area contributed by atoms with E-state index in [1.807, 2.05) is 35.8 Å². The lowest BCUT2D eigenvalue weighted by atomic mass is 10.2. The van der Waals surface area contributed by atoms with E-state index in [0.29, 0.717) is 22.0 Å². The minimum absolute atomic E-state index is 0.109. The number of phenols is 1. The van der Waals surface area contributed by atoms with E-state index >= 15 is 0 Å². The van der Waals surface area contributed by atoms with Crippen LogP contribution in [0.3, 0.4) is 0 Å². The number of fused-ring (bicyclic) bond motifs is 5. The summed E-state index contributed by atoms with van der Waals surface area (Å²) in [6.45, 7) is 1.81. The van der Waals surface area contributed by atoms with Gasteiger partial charge in [-0.25, -0.2) is 4.79 Å². The largest absolute Gasteiger partial charge is 0.508 e. The molecule has 0 bridgehead atoms. The Morgan fingerprint density at radius 2 is 1.80 bits per heavy atom. The number of aromatic hydroxyl groups is 1. The van der Waals surface area contributed by atoms with E-state index in [0.717, 1.165) is 16.6 Å². The van der Waals surface area contributed by atoms with Gasteiger partial charge < -0.3 is 18.6 Å². The summed E-state index contributed by atoms with van der Waals surface area (Å²) >= 11 is 0. The highest BCUT2D eigenvalue weighted by Crippen LogP contribution is 2.35. The molecular weight excluding hydrogens is 320 g/mol. The van der Waals surface area contributed by atoms with Crippen molar-refractivity contribution in [1.82, 2.24) is 9.72 Å². The second-order valence-electron chi connectivity index (χ2n) is 5.91. The van der Waals surface area contributed by atoms with Gasteiger partial charge >= 0.3 is 11.4 Å². The molecule has 1 N–H and O–H groups in total. The van der Waals surface area contributed by atoms with Gasteiger partial charge in [-0.2, -0.15) is 0 Å². The molecule has 0 amide bonds. The highest BCUT2D eigenvalue weighted by atomic mass is 16.6. The second-order valence-corrected chi connectivity index (χ2v) is 5.91. The van der Waals surface area contributed by atoms with Crippen molar-refractivity contribution in [3.05, 3.63) is 64.6 Å². The van der Waals surface area contributed by atoms with E-state index in [4.69, 9.17) is 8.94 Å². The van der Waals surface area contributed by atoms with Crippen LogP contribution >= 0.6 is 0 Å². The van der Waals surface area contributed by atoms with Crippen molar-refractivity contribution in [2.75, 3.05) is 0 Å². The normalized spacial score (nSPS) is 11.7. The summed E-state index contributed by atoms with van der Waals surface area (Å²) in [4.78, 5) is 12.6. The number of benzene rings is 2. The molecule has 0 atom stereocenters. The third-order valence-electron chi connectivity index (χ3n) is 4.44. The highest BCUT2D eigenvalue weighted by molar-refractivity contribution is 6.16. The van der Waals surface area contributed by atoms with E-state index in [1.165, 1.54) is 0 Å². The highest BCUT2D eigenvalue weighted by Gasteiger charge is 2.22. The maximum Gasteiger partial charge on any atom is 0.348 e. The van der Waals surface area contributed by atoms with E-state index in [1.54, 1.807) is 24.3 Å². The van der Waals surface area contributed by atoms with Gasteiger partial charge in [0.2, 0.25) is 0 Å². The van der Waals surface area contributed by atoms with Crippen LogP contribution in [0.5, 0.6) is 5.75 Å². The van der Waals surface area contributed by atoms with Crippen molar-refractivity contribution in [3.63, 3.8) is 0 Å². The molecule has 5 aromatic rings. The van der Waals surface area contributed by atoms with Crippen molar-refractivity contribution >= 4 is 33.0 Å². The fourth-order valence-electron chi connectivity index (χ4n) is 3.37. The first-order chi connectivity index (χ1) is 12.1. The monoisotopic (exact) mass is 332 g/mol. The molecule has 0 spiro atoms. The maximum absolute atomic E-state index is 12.6. The Hall–Kier alpha value is -3.54. The van der Waals surface area contributed by atoms with E-state index < -0.39 is 5.63 Å². The molecule has 6 nitrogen and oxygen atoms in total. The second kappa shape index (κ2) is 4.73. The molecule has 2 aromatic carbocycles. The number of rotatable bonds is 1. The fourth-order valence-corrected chi connectivity index (χ4v) is 3.37. The number of hydrogen-bond donors (Lipinski definition) is 1. The van der Waals surface area contributed by atoms with Crippen LogP contribution < -0.4 is 5.63 Å². The Balaban J connectivity index is 2.12. The zero-order valence-corrected chi connectivity index (χ0v) is 13.2. The molecule has 0 aliphatic rings. The van der Waals surface area contributed by atoms with Crippen LogP contribution in [0.4, 0.5) is 0 Å². The van der Waals surface area contributed by atoms with Crippen molar-refractivity contribution in [1.29, 1.82) is 0 Å². The van der Waals surface area contributed by atoms with Crippen LogP contribution in [0.15, 0.2) is 62.3 Å². The Bertz CT molecular complexity index is 1320. The number of para-hydroxylation sites is 1. The molecule has 3 heterocycles. The first-order valence-corrected chi connectivity index (χ1v) is 7.77. The topological polar surface area (TPSA) is 81.4 Å². The standard InChI is InChI=1S/C19H12N2O4/c1-10-15-17-16(18(23)24-19(15)25-20-10)13-4-2-3-5-14(13)21(17)11-6-8-12(22)9-7-11/h2-9,22H,1H3. The van der Waals surface area contributed by atoms with Crippen LogP contribution in [-0.4, -0.2) is 14.8 Å². The quantitative estimate of drug-likeness (QED) is 0.503. The average Bonchev–Trinajstić information content (AvgIpc) is 3.14. The van der Waals surface area contributed by atoms with Crippen molar-refractivity contribution < 1.29 is 14.0 Å². The van der Waals surface area contributed by atoms with Gasteiger partial charge in [-0.3, -0.25) is 0 Å². The SMILES string of the molecule is Cc1noc2oc(=O)c3c4ccccc4n(-c4ccc(O)cc4)c3c12. The lowest BCUT2D eigenvalue weighted by molar-refractivity contribution is 0.374. The van der Waals surface area contributed by atoms with Crippen LogP contribution in [0.25, 0.3) is 38.7 Å². The van der Waals surface area contributed by atoms with Gasteiger partial charge in [-0.15, -0.1) is 0 Å². The fraction of sp³-hybridized carbons (Fsp3) is 0.0526. The smallest absolute Gasteiger partial charge is 0.348 e. The Morgan fingerprint density at radius 1 is 1.04 bits per heavy atom. The zero-order valence-electron chi connectivity index (χ0n) is 13.2. The summed E-state index contributed by atoms with van der Waals surface area (Å²) in [6, 6.07) is 14.4. The van der Waals surface area contributed by atoms with Crippen LogP contribution in [-0.2, 0) is 0 Å². The van der Waals surface area contributed by atoms with Crippen LogP contribution in [0, 0.1) is 6.92 Å². The first kappa shape index (κ1) is 13.9. The van der Waals surface area contributed by atoms with Crippen LogP contribution in [0.1, 0.15) is 5.69 Å². The van der Waals surface area contributed by atoms with Crippen molar-refractivity contribution in [2.24, 2.45) is 0 Å². The number of nitrogens with zero attached hydrogens (tertiary/aromatic N) is 2. The molecule has 5 rings (SSSR count). The third kappa shape index (κ3) is 1.79. The van der Waals surface area contributed by atoms with Crippen LogP contribution in [0.2, 0.25) is 0 Å². The summed E-state index contributed by atoms with van der Waals surface area (Å²) in [7, 11) is 0. The maximum atomic E-state index is 12.6. The summed E-state index contributed by atoms with van der Waals surface area (Å²) in [5.41, 5.74) is 2.55. The van der Waals surface area contributed by atoms with Gasteiger partial charge in [0.25, 0.3) is 0 Å². The van der Waals surface area contributed by atoms with E-state index in [-0.39, 0.29) is 11.5 Å². The van der Waals surface area contributed by atoms with Gasteiger partial charge in [0, 0.05) is 11.1 Å². The van der Waals surface area contributed by atoms with Crippen molar-refractivity contribution in [3.8, 4) is 11.4 Å². The Morgan fingerprint density at radius 3 is 2.60 bits per heavy atom. The van der Waals surface area contributed by atoms with E-state index in [2.05, 4.69) is 5.16 Å². The Labute approximate surface area is 140 Å². The van der Waals surface area contributed by atoms with E-state index in [9.17, 15) is 9.90 Å². The molecule has 0 fully saturated rings. The molecule has 0 aliphatic heterocycles. The lowest BCUT2D eigenvalue weighted by Gasteiger charge is -2.08. The Kier molecular flexibility index (Phi) is 2.62. The van der Waals surface area contributed by atoms with Gasteiger partial charge in [-0.1, -0.05) is 23.4 Å².